The predicted molar refractivity (Wildman–Crippen MR) is 179 cm³/mol. The Hall–Kier alpha value is -4.16. The SMILES string of the molecule is CCC(C)[C@H](NC(=O)OCc1ccccc1)C(=O)N[C@]1(C(=O)N[C@@H](CC(C)C)c2nnn[nH]2)CCc2[nH]c3c(Cl)cc(Cl)cc3c2C1. The van der Waals surface area contributed by atoms with Crippen LogP contribution in [0.25, 0.3) is 10.9 Å². The number of nitrogens with one attached hydrogen (secondary N) is 5. The number of hydrogen-bond acceptors (Lipinski definition) is 7. The van der Waals surface area contributed by atoms with Crippen LogP contribution in [0.3, 0.4) is 0 Å². The van der Waals surface area contributed by atoms with Crippen LogP contribution in [-0.4, -0.2) is 55.1 Å². The summed E-state index contributed by atoms with van der Waals surface area (Å²) in [5.74, 6) is -0.537. The number of benzene rings is 2. The number of tetrazole rings is 1. The van der Waals surface area contributed by atoms with Gasteiger partial charge in [-0.3, -0.25) is 9.59 Å². The van der Waals surface area contributed by atoms with E-state index in [4.69, 9.17) is 27.9 Å². The van der Waals surface area contributed by atoms with Gasteiger partial charge in [0.1, 0.15) is 18.2 Å². The molecule has 1 unspecified atom stereocenters. The zero-order valence-electron chi connectivity index (χ0n) is 26.8. The fourth-order valence-electron chi connectivity index (χ4n) is 6.06. The predicted octanol–water partition coefficient (Wildman–Crippen LogP) is 5.58. The number of nitrogens with zero attached hydrogens (tertiary/aromatic N) is 3. The molecule has 5 rings (SSSR count). The first-order valence-electron chi connectivity index (χ1n) is 15.8. The number of aromatic nitrogens is 5. The number of aromatic amines is 2. The van der Waals surface area contributed by atoms with Crippen molar-refractivity contribution in [2.75, 3.05) is 0 Å². The van der Waals surface area contributed by atoms with E-state index in [0.717, 1.165) is 22.2 Å². The summed E-state index contributed by atoms with van der Waals surface area (Å²) in [6.45, 7) is 7.92. The molecule has 0 radical (unpaired) electrons. The van der Waals surface area contributed by atoms with E-state index in [0.29, 0.717) is 40.6 Å². The quantitative estimate of drug-likeness (QED) is 0.130. The summed E-state index contributed by atoms with van der Waals surface area (Å²) in [6, 6.07) is 11.2. The first-order valence-corrected chi connectivity index (χ1v) is 16.6. The number of rotatable bonds is 12. The Balaban J connectivity index is 1.46. The van der Waals surface area contributed by atoms with E-state index in [-0.39, 0.29) is 31.3 Å². The fourth-order valence-corrected chi connectivity index (χ4v) is 6.60. The minimum absolute atomic E-state index is 0.0516. The second kappa shape index (κ2) is 14.7. The number of carbonyl (C=O) groups excluding carboxylic acids is 3. The third-order valence-corrected chi connectivity index (χ3v) is 9.30. The molecule has 12 nitrogen and oxygen atoms in total. The highest BCUT2D eigenvalue weighted by atomic mass is 35.5. The minimum atomic E-state index is -1.39. The molecule has 14 heteroatoms. The van der Waals surface area contributed by atoms with E-state index >= 15 is 0 Å². The molecule has 250 valence electrons. The molecule has 4 aromatic rings. The molecule has 0 saturated heterocycles. The standard InChI is InChI=1S/C33H40Cl2N8O4/c1-5-19(4)27(38-32(46)47-17-20-9-7-6-8-10-20)30(44)39-33(31(45)37-26(13-18(2)3)29-40-42-43-41-29)12-11-25-23(16-33)22-14-21(34)15-24(35)28(22)36-25/h6-10,14-15,18-19,26-27,36H,5,11-13,16-17H2,1-4H3,(H,37,45)(H,38,46)(H,39,44)(H,40,41,42,43)/t19?,26-,27-,33+/m0/s1. The van der Waals surface area contributed by atoms with E-state index < -0.39 is 35.5 Å². The maximum absolute atomic E-state index is 14.5. The van der Waals surface area contributed by atoms with Gasteiger partial charge in [0.25, 0.3) is 0 Å². The van der Waals surface area contributed by atoms with Gasteiger partial charge in [-0.1, -0.05) is 87.6 Å². The van der Waals surface area contributed by atoms with Crippen molar-refractivity contribution in [2.45, 2.75) is 84.0 Å². The lowest BCUT2D eigenvalue weighted by Gasteiger charge is -2.39. The van der Waals surface area contributed by atoms with Gasteiger partial charge >= 0.3 is 6.09 Å². The average molecular weight is 684 g/mol. The highest BCUT2D eigenvalue weighted by Gasteiger charge is 2.46. The number of aryl methyl sites for hydroxylation is 1. The Kier molecular flexibility index (Phi) is 10.7. The lowest BCUT2D eigenvalue weighted by molar-refractivity contribution is -0.136. The summed E-state index contributed by atoms with van der Waals surface area (Å²) in [5, 5.41) is 24.9. The zero-order valence-corrected chi connectivity index (χ0v) is 28.3. The van der Waals surface area contributed by atoms with Gasteiger partial charge in [0.05, 0.1) is 16.6 Å². The molecule has 0 spiro atoms. The molecule has 5 N–H and O–H groups in total. The maximum Gasteiger partial charge on any atom is 0.408 e. The number of ether oxygens (including phenoxy) is 1. The van der Waals surface area contributed by atoms with Crippen molar-refractivity contribution in [2.24, 2.45) is 11.8 Å². The average Bonchev–Trinajstić information content (AvgIpc) is 3.71. The normalized spacial score (nSPS) is 17.9. The summed E-state index contributed by atoms with van der Waals surface area (Å²) in [7, 11) is 0. The van der Waals surface area contributed by atoms with Crippen LogP contribution in [0.15, 0.2) is 42.5 Å². The first-order chi connectivity index (χ1) is 22.5. The first kappa shape index (κ1) is 34.2. The van der Waals surface area contributed by atoms with Gasteiger partial charge in [-0.25, -0.2) is 9.89 Å². The van der Waals surface area contributed by atoms with Crippen LogP contribution >= 0.6 is 23.2 Å². The molecule has 2 aromatic carbocycles. The molecule has 1 aliphatic rings. The van der Waals surface area contributed by atoms with Crippen molar-refractivity contribution in [3.63, 3.8) is 0 Å². The van der Waals surface area contributed by atoms with E-state index in [2.05, 4.69) is 41.6 Å². The topological polar surface area (TPSA) is 167 Å². The van der Waals surface area contributed by atoms with Gasteiger partial charge in [-0.2, -0.15) is 0 Å². The van der Waals surface area contributed by atoms with E-state index in [1.54, 1.807) is 6.07 Å². The van der Waals surface area contributed by atoms with Gasteiger partial charge in [-0.15, -0.1) is 5.10 Å². The third kappa shape index (κ3) is 7.87. The van der Waals surface area contributed by atoms with Crippen molar-refractivity contribution in [1.29, 1.82) is 0 Å². The monoisotopic (exact) mass is 682 g/mol. The maximum atomic E-state index is 14.5. The van der Waals surface area contributed by atoms with Crippen LogP contribution in [0.2, 0.25) is 10.0 Å². The molecule has 2 aromatic heterocycles. The highest BCUT2D eigenvalue weighted by Crippen LogP contribution is 2.38. The molecule has 3 amide bonds. The minimum Gasteiger partial charge on any atom is -0.445 e. The summed E-state index contributed by atoms with van der Waals surface area (Å²) in [5.41, 5.74) is 1.90. The van der Waals surface area contributed by atoms with Crippen molar-refractivity contribution in [3.05, 3.63) is 75.2 Å². The largest absolute Gasteiger partial charge is 0.445 e. The molecular formula is C33H40Cl2N8O4. The van der Waals surface area contributed by atoms with Crippen molar-refractivity contribution in [3.8, 4) is 0 Å². The van der Waals surface area contributed by atoms with Crippen molar-refractivity contribution < 1.29 is 19.1 Å². The summed E-state index contributed by atoms with van der Waals surface area (Å²) in [6.07, 6.45) is 1.31. The Morgan fingerprint density at radius 3 is 2.53 bits per heavy atom. The van der Waals surface area contributed by atoms with Crippen LogP contribution in [0.1, 0.15) is 75.6 Å². The van der Waals surface area contributed by atoms with E-state index in [1.807, 2.05) is 64.1 Å². The lowest BCUT2D eigenvalue weighted by Crippen LogP contribution is -2.65. The second-order valence-electron chi connectivity index (χ2n) is 12.7. The molecule has 0 fully saturated rings. The lowest BCUT2D eigenvalue weighted by atomic mass is 9.78. The molecular weight excluding hydrogens is 643 g/mol. The number of hydrogen-bond donors (Lipinski definition) is 5. The van der Waals surface area contributed by atoms with Crippen LogP contribution in [-0.2, 0) is 33.8 Å². The number of halogens is 2. The van der Waals surface area contributed by atoms with Crippen molar-refractivity contribution >= 4 is 52.0 Å². The second-order valence-corrected chi connectivity index (χ2v) is 13.5. The Labute approximate surface area is 283 Å². The molecule has 4 atom stereocenters. The van der Waals surface area contributed by atoms with Gasteiger partial charge in [0, 0.05) is 22.5 Å². The highest BCUT2D eigenvalue weighted by molar-refractivity contribution is 6.38. The smallest absolute Gasteiger partial charge is 0.408 e. The molecule has 0 bridgehead atoms. The summed E-state index contributed by atoms with van der Waals surface area (Å²) in [4.78, 5) is 45.0. The van der Waals surface area contributed by atoms with Gasteiger partial charge < -0.3 is 25.7 Å². The third-order valence-electron chi connectivity index (χ3n) is 8.78. The number of fused-ring (bicyclic) bond motifs is 3. The molecule has 0 saturated carbocycles. The Morgan fingerprint density at radius 2 is 1.85 bits per heavy atom. The number of H-pyrrole nitrogens is 2. The number of amides is 3. The van der Waals surface area contributed by atoms with Crippen LogP contribution < -0.4 is 16.0 Å². The van der Waals surface area contributed by atoms with Crippen molar-refractivity contribution in [1.82, 2.24) is 41.6 Å². The Bertz CT molecular complexity index is 1710. The van der Waals surface area contributed by atoms with E-state index in [9.17, 15) is 14.4 Å². The molecule has 2 heterocycles. The summed E-state index contributed by atoms with van der Waals surface area (Å²) < 4.78 is 5.44. The van der Waals surface area contributed by atoms with Gasteiger partial charge in [-0.05, 0) is 64.8 Å². The fraction of sp³-hybridized carbons (Fsp3) is 0.455. The number of alkyl carbamates (subject to hydrolysis) is 1. The van der Waals surface area contributed by atoms with Crippen LogP contribution in [0.4, 0.5) is 4.79 Å². The van der Waals surface area contributed by atoms with E-state index in [1.165, 1.54) is 0 Å². The summed E-state index contributed by atoms with van der Waals surface area (Å²) >= 11 is 12.9. The Morgan fingerprint density at radius 1 is 1.09 bits per heavy atom. The molecule has 0 aliphatic heterocycles. The van der Waals surface area contributed by atoms with Crippen LogP contribution in [0, 0.1) is 11.8 Å². The zero-order chi connectivity index (χ0) is 33.7. The van der Waals surface area contributed by atoms with Crippen LogP contribution in [0.5, 0.6) is 0 Å². The van der Waals surface area contributed by atoms with Gasteiger partial charge in [0.2, 0.25) is 11.8 Å². The number of carbonyl (C=O) groups is 3. The molecule has 47 heavy (non-hydrogen) atoms. The molecule has 1 aliphatic carbocycles. The van der Waals surface area contributed by atoms with Gasteiger partial charge in [0.15, 0.2) is 5.82 Å².